The van der Waals surface area contributed by atoms with E-state index in [1.807, 2.05) is 13.8 Å². The van der Waals surface area contributed by atoms with E-state index in [4.69, 9.17) is 0 Å². The molecular weight excluding hydrogens is 268 g/mol. The Balaban J connectivity index is 2.99. The summed E-state index contributed by atoms with van der Waals surface area (Å²) < 4.78 is 27.6. The van der Waals surface area contributed by atoms with Crippen molar-refractivity contribution in [3.05, 3.63) is 0 Å². The van der Waals surface area contributed by atoms with Gasteiger partial charge in [-0.1, -0.05) is 13.8 Å². The van der Waals surface area contributed by atoms with E-state index in [0.29, 0.717) is 13.0 Å². The second-order valence-corrected chi connectivity index (χ2v) is 6.90. The molecule has 19 heavy (non-hydrogen) atoms. The highest BCUT2D eigenvalue weighted by Crippen LogP contribution is 2.24. The maximum absolute atomic E-state index is 12.5. The lowest BCUT2D eigenvalue weighted by atomic mass is 10.1. The Kier molecular flexibility index (Phi) is 5.76. The van der Waals surface area contributed by atoms with Gasteiger partial charge in [-0.3, -0.25) is 4.79 Å². The Hall–Kier alpha value is -0.660. The first-order valence-corrected chi connectivity index (χ1v) is 8.23. The number of hydrogen-bond donors (Lipinski definition) is 1. The number of nitrogens with zero attached hydrogens (tertiary/aromatic N) is 2. The minimum atomic E-state index is -3.69. The predicted molar refractivity (Wildman–Crippen MR) is 73.0 cm³/mol. The summed E-state index contributed by atoms with van der Waals surface area (Å²) in [6, 6.07) is -1.00. The van der Waals surface area contributed by atoms with E-state index in [1.54, 1.807) is 7.05 Å². The minimum Gasteiger partial charge on any atom is -0.480 e. The van der Waals surface area contributed by atoms with Gasteiger partial charge < -0.3 is 5.11 Å². The Morgan fingerprint density at radius 1 is 1.37 bits per heavy atom. The van der Waals surface area contributed by atoms with Crippen molar-refractivity contribution in [1.82, 2.24) is 8.61 Å². The molecule has 0 spiro atoms. The molecule has 0 aromatic heterocycles. The fourth-order valence-corrected chi connectivity index (χ4v) is 4.47. The highest BCUT2D eigenvalue weighted by Gasteiger charge is 2.40. The van der Waals surface area contributed by atoms with Crippen molar-refractivity contribution in [2.45, 2.75) is 58.0 Å². The molecule has 1 saturated heterocycles. The van der Waals surface area contributed by atoms with Crippen molar-refractivity contribution < 1.29 is 18.3 Å². The van der Waals surface area contributed by atoms with E-state index in [0.717, 1.165) is 30.0 Å². The number of hydrogen-bond acceptors (Lipinski definition) is 3. The summed E-state index contributed by atoms with van der Waals surface area (Å²) in [7, 11) is -2.15. The maximum atomic E-state index is 12.5. The first-order chi connectivity index (χ1) is 8.86. The van der Waals surface area contributed by atoms with Crippen LogP contribution in [0.2, 0.25) is 0 Å². The Labute approximate surface area is 115 Å². The molecule has 1 aliphatic heterocycles. The number of rotatable bonds is 6. The van der Waals surface area contributed by atoms with Gasteiger partial charge in [0, 0.05) is 19.6 Å². The van der Waals surface area contributed by atoms with Crippen LogP contribution in [0.3, 0.4) is 0 Å². The van der Waals surface area contributed by atoms with E-state index < -0.39 is 22.2 Å². The van der Waals surface area contributed by atoms with Crippen LogP contribution in [0.1, 0.15) is 46.0 Å². The van der Waals surface area contributed by atoms with E-state index in [1.165, 1.54) is 4.31 Å². The van der Waals surface area contributed by atoms with Crippen molar-refractivity contribution in [3.63, 3.8) is 0 Å². The van der Waals surface area contributed by atoms with Crippen molar-refractivity contribution in [3.8, 4) is 0 Å². The molecule has 0 saturated carbocycles. The molecule has 112 valence electrons. The molecule has 6 nitrogen and oxygen atoms in total. The van der Waals surface area contributed by atoms with Crippen LogP contribution in [0.25, 0.3) is 0 Å². The molecule has 1 aliphatic rings. The van der Waals surface area contributed by atoms with Gasteiger partial charge in [0.15, 0.2) is 0 Å². The fraction of sp³-hybridized carbons (Fsp3) is 0.917. The summed E-state index contributed by atoms with van der Waals surface area (Å²) in [5.74, 6) is -1.05. The van der Waals surface area contributed by atoms with E-state index in [-0.39, 0.29) is 6.04 Å². The average Bonchev–Trinajstić information content (AvgIpc) is 2.39. The van der Waals surface area contributed by atoms with Gasteiger partial charge in [-0.05, 0) is 32.1 Å². The smallest absolute Gasteiger partial charge is 0.322 e. The number of aliphatic carboxylic acids is 1. The van der Waals surface area contributed by atoms with Crippen LogP contribution >= 0.6 is 0 Å². The maximum Gasteiger partial charge on any atom is 0.322 e. The second-order valence-electron chi connectivity index (χ2n) is 4.95. The van der Waals surface area contributed by atoms with Crippen molar-refractivity contribution >= 4 is 16.2 Å². The SMILES string of the molecule is CCC(CC)N(C)S(=O)(=O)N1CCCCC1C(=O)O. The van der Waals surface area contributed by atoms with Gasteiger partial charge in [0.05, 0.1) is 0 Å². The normalized spacial score (nSPS) is 22.1. The lowest BCUT2D eigenvalue weighted by Gasteiger charge is -2.37. The van der Waals surface area contributed by atoms with E-state index >= 15 is 0 Å². The molecule has 0 bridgehead atoms. The number of carbonyl (C=O) groups is 1. The quantitative estimate of drug-likeness (QED) is 0.800. The van der Waals surface area contributed by atoms with Gasteiger partial charge in [-0.25, -0.2) is 0 Å². The average molecular weight is 292 g/mol. The van der Waals surface area contributed by atoms with Gasteiger partial charge in [-0.15, -0.1) is 0 Å². The van der Waals surface area contributed by atoms with Gasteiger partial charge in [0.2, 0.25) is 0 Å². The van der Waals surface area contributed by atoms with Crippen LogP contribution in [0.5, 0.6) is 0 Å². The van der Waals surface area contributed by atoms with Gasteiger partial charge in [-0.2, -0.15) is 17.0 Å². The monoisotopic (exact) mass is 292 g/mol. The molecule has 7 heteroatoms. The molecular formula is C12H24N2O4S. The van der Waals surface area contributed by atoms with Gasteiger partial charge in [0.25, 0.3) is 10.2 Å². The van der Waals surface area contributed by atoms with Crippen molar-refractivity contribution in [2.24, 2.45) is 0 Å². The summed E-state index contributed by atoms with van der Waals surface area (Å²) in [6.45, 7) is 4.17. The summed E-state index contributed by atoms with van der Waals surface area (Å²) in [6.07, 6.45) is 3.32. The van der Waals surface area contributed by atoms with E-state index in [2.05, 4.69) is 0 Å². The third-order valence-electron chi connectivity index (χ3n) is 3.86. The molecule has 0 aromatic carbocycles. The lowest BCUT2D eigenvalue weighted by Crippen LogP contribution is -2.54. The number of carboxylic acids is 1. The minimum absolute atomic E-state index is 0.0821. The molecule has 0 aliphatic carbocycles. The molecule has 1 fully saturated rings. The number of piperidine rings is 1. The molecule has 1 atom stereocenters. The van der Waals surface area contributed by atoms with Crippen LogP contribution in [0.4, 0.5) is 0 Å². The molecule has 0 aromatic rings. The first kappa shape index (κ1) is 16.4. The van der Waals surface area contributed by atoms with E-state index in [9.17, 15) is 18.3 Å². The van der Waals surface area contributed by atoms with Crippen LogP contribution < -0.4 is 0 Å². The van der Waals surface area contributed by atoms with Crippen LogP contribution in [-0.2, 0) is 15.0 Å². The number of carboxylic acid groups (broad SMARTS) is 1. The highest BCUT2D eigenvalue weighted by atomic mass is 32.2. The van der Waals surface area contributed by atoms with Gasteiger partial charge >= 0.3 is 5.97 Å². The van der Waals surface area contributed by atoms with Gasteiger partial charge in [0.1, 0.15) is 6.04 Å². The van der Waals surface area contributed by atoms with Crippen molar-refractivity contribution in [1.29, 1.82) is 0 Å². The third kappa shape index (κ3) is 3.46. The largest absolute Gasteiger partial charge is 0.480 e. The summed E-state index contributed by atoms with van der Waals surface area (Å²) >= 11 is 0. The van der Waals surface area contributed by atoms with Crippen LogP contribution in [0.15, 0.2) is 0 Å². The zero-order valence-electron chi connectivity index (χ0n) is 11.9. The predicted octanol–water partition coefficient (Wildman–Crippen LogP) is 1.29. The standard InChI is InChI=1S/C12H24N2O4S/c1-4-10(5-2)13(3)19(17,18)14-9-7-6-8-11(14)12(15)16/h10-11H,4-9H2,1-3H3,(H,15,16). The lowest BCUT2D eigenvalue weighted by molar-refractivity contribution is -0.142. The highest BCUT2D eigenvalue weighted by molar-refractivity contribution is 7.86. The van der Waals surface area contributed by atoms with Crippen LogP contribution in [0, 0.1) is 0 Å². The van der Waals surface area contributed by atoms with Crippen LogP contribution in [-0.4, -0.2) is 53.8 Å². The molecule has 1 N–H and O–H groups in total. The molecule has 0 radical (unpaired) electrons. The molecule has 1 heterocycles. The Morgan fingerprint density at radius 3 is 2.42 bits per heavy atom. The topological polar surface area (TPSA) is 77.9 Å². The molecule has 0 amide bonds. The zero-order valence-corrected chi connectivity index (χ0v) is 12.7. The third-order valence-corrected chi connectivity index (χ3v) is 5.91. The molecule has 1 rings (SSSR count). The molecule has 1 unspecified atom stereocenters. The summed E-state index contributed by atoms with van der Waals surface area (Å²) in [5, 5.41) is 9.18. The zero-order chi connectivity index (χ0) is 14.6. The Bertz CT molecular complexity index is 406. The Morgan fingerprint density at radius 2 is 1.95 bits per heavy atom. The summed E-state index contributed by atoms with van der Waals surface area (Å²) in [5.41, 5.74) is 0. The second kappa shape index (κ2) is 6.67. The summed E-state index contributed by atoms with van der Waals surface area (Å²) in [4.78, 5) is 11.2. The van der Waals surface area contributed by atoms with Crippen molar-refractivity contribution in [2.75, 3.05) is 13.6 Å². The first-order valence-electron chi connectivity index (χ1n) is 6.83. The fourth-order valence-electron chi connectivity index (χ4n) is 2.58.